The van der Waals surface area contributed by atoms with Crippen LogP contribution in [0.25, 0.3) is 5.69 Å². The van der Waals surface area contributed by atoms with E-state index in [-0.39, 0.29) is 23.9 Å². The fourth-order valence-electron chi connectivity index (χ4n) is 3.46. The number of nitrogens with zero attached hydrogens (tertiary/aromatic N) is 2. The average molecular weight is 341 g/mol. The van der Waals surface area contributed by atoms with E-state index in [0.29, 0.717) is 11.4 Å². The van der Waals surface area contributed by atoms with Crippen molar-refractivity contribution in [2.24, 2.45) is 5.92 Å². The van der Waals surface area contributed by atoms with Gasteiger partial charge in [-0.15, -0.1) is 12.3 Å². The van der Waals surface area contributed by atoms with E-state index in [4.69, 9.17) is 18.0 Å². The van der Waals surface area contributed by atoms with Crippen LogP contribution in [0.1, 0.15) is 35.4 Å². The van der Waals surface area contributed by atoms with Crippen molar-refractivity contribution >= 4 is 23.2 Å². The Bertz CT molecular complexity index is 853. The van der Waals surface area contributed by atoms with Gasteiger partial charge in [-0.05, 0) is 42.7 Å². The maximum Gasteiger partial charge on any atom is 0.152 e. The van der Waals surface area contributed by atoms with Crippen molar-refractivity contribution in [2.75, 3.05) is 0 Å². The number of hydrogen-bond donors (Lipinski definition) is 0. The molecule has 3 rings (SSSR count). The highest BCUT2D eigenvalue weighted by molar-refractivity contribution is 6.30. The highest BCUT2D eigenvalue weighted by Crippen LogP contribution is 2.37. The molecule has 1 aliphatic carbocycles. The molecule has 0 spiro atoms. The number of benzene rings is 1. The van der Waals surface area contributed by atoms with Gasteiger partial charge in [0.05, 0.1) is 16.9 Å². The normalized spacial score (nSPS) is 20.4. The minimum Gasteiger partial charge on any atom is -0.298 e. The first-order chi connectivity index (χ1) is 11.4. The quantitative estimate of drug-likeness (QED) is 0.635. The molecule has 0 saturated heterocycles. The first-order valence-corrected chi connectivity index (χ1v) is 8.11. The SMILES string of the molecule is C#CCC1CC(=O)C(c2c(C)cc(-n3cc(Cl)cn3)cc2C)C1=O. The predicted molar refractivity (Wildman–Crippen MR) is 92.4 cm³/mol. The second-order valence-corrected chi connectivity index (χ2v) is 6.64. The predicted octanol–water partition coefficient (Wildman–Crippen LogP) is 3.41. The second kappa shape index (κ2) is 6.26. The molecule has 122 valence electrons. The first-order valence-electron chi connectivity index (χ1n) is 7.74. The fourth-order valence-corrected chi connectivity index (χ4v) is 3.59. The standard InChI is InChI=1S/C19H17ClN2O2/c1-4-5-13-8-16(23)18(19(13)24)17-11(2)6-15(7-12(17)3)22-10-14(20)9-21-22/h1,6-7,9-10,13,18H,5,8H2,2-3H3. The lowest BCUT2D eigenvalue weighted by Gasteiger charge is -2.17. The summed E-state index contributed by atoms with van der Waals surface area (Å²) >= 11 is 5.92. The summed E-state index contributed by atoms with van der Waals surface area (Å²) < 4.78 is 1.67. The van der Waals surface area contributed by atoms with E-state index in [1.54, 1.807) is 17.1 Å². The summed E-state index contributed by atoms with van der Waals surface area (Å²) in [6.07, 6.45) is 9.15. The van der Waals surface area contributed by atoms with E-state index in [1.165, 1.54) is 0 Å². The second-order valence-electron chi connectivity index (χ2n) is 6.21. The maximum atomic E-state index is 12.6. The smallest absolute Gasteiger partial charge is 0.152 e. The number of rotatable bonds is 3. The third kappa shape index (κ3) is 2.76. The van der Waals surface area contributed by atoms with Crippen LogP contribution in [-0.4, -0.2) is 21.3 Å². The van der Waals surface area contributed by atoms with Gasteiger partial charge in [0.25, 0.3) is 0 Å². The Hall–Kier alpha value is -2.38. The van der Waals surface area contributed by atoms with Crippen molar-refractivity contribution in [3.8, 4) is 18.0 Å². The van der Waals surface area contributed by atoms with Crippen LogP contribution in [0.5, 0.6) is 0 Å². The van der Waals surface area contributed by atoms with Crippen molar-refractivity contribution in [3.05, 3.63) is 46.2 Å². The van der Waals surface area contributed by atoms with Crippen molar-refractivity contribution in [1.29, 1.82) is 0 Å². The van der Waals surface area contributed by atoms with Crippen molar-refractivity contribution in [3.63, 3.8) is 0 Å². The van der Waals surface area contributed by atoms with Gasteiger partial charge < -0.3 is 0 Å². The number of carbonyl (C=O) groups is 2. The number of hydrogen-bond acceptors (Lipinski definition) is 3. The molecular formula is C19H17ClN2O2. The molecule has 4 nitrogen and oxygen atoms in total. The molecule has 0 amide bonds. The highest BCUT2D eigenvalue weighted by atomic mass is 35.5. The maximum absolute atomic E-state index is 12.6. The third-order valence-corrected chi connectivity index (χ3v) is 4.70. The molecule has 0 bridgehead atoms. The van der Waals surface area contributed by atoms with Crippen LogP contribution in [0, 0.1) is 32.1 Å². The molecule has 0 radical (unpaired) electrons. The summed E-state index contributed by atoms with van der Waals surface area (Å²) in [5.41, 5.74) is 3.43. The number of halogens is 1. The third-order valence-electron chi connectivity index (χ3n) is 4.50. The minimum atomic E-state index is -0.696. The van der Waals surface area contributed by atoms with Gasteiger partial charge in [0.15, 0.2) is 5.78 Å². The van der Waals surface area contributed by atoms with Crippen LogP contribution in [0.15, 0.2) is 24.5 Å². The lowest BCUT2D eigenvalue weighted by molar-refractivity contribution is -0.124. The van der Waals surface area contributed by atoms with Crippen molar-refractivity contribution in [1.82, 2.24) is 9.78 Å². The zero-order chi connectivity index (χ0) is 17.4. The summed E-state index contributed by atoms with van der Waals surface area (Å²) in [5, 5.41) is 4.74. The lowest BCUT2D eigenvalue weighted by Crippen LogP contribution is -2.18. The van der Waals surface area contributed by atoms with Gasteiger partial charge in [-0.1, -0.05) is 11.6 Å². The Morgan fingerprint density at radius 3 is 2.54 bits per heavy atom. The van der Waals surface area contributed by atoms with Gasteiger partial charge >= 0.3 is 0 Å². The Morgan fingerprint density at radius 1 is 1.33 bits per heavy atom. The molecule has 2 aromatic rings. The van der Waals surface area contributed by atoms with Gasteiger partial charge in [0.1, 0.15) is 11.7 Å². The average Bonchev–Trinajstić information content (AvgIpc) is 3.06. The number of terminal acetylenes is 1. The molecule has 0 aliphatic heterocycles. The van der Waals surface area contributed by atoms with E-state index >= 15 is 0 Å². The summed E-state index contributed by atoms with van der Waals surface area (Å²) in [5.74, 6) is 1.35. The van der Waals surface area contributed by atoms with Crippen molar-refractivity contribution < 1.29 is 9.59 Å². The van der Waals surface area contributed by atoms with Crippen LogP contribution < -0.4 is 0 Å². The Morgan fingerprint density at radius 2 is 2.00 bits per heavy atom. The number of carbonyl (C=O) groups excluding carboxylic acids is 2. The van der Waals surface area contributed by atoms with Crippen LogP contribution in [-0.2, 0) is 9.59 Å². The zero-order valence-electron chi connectivity index (χ0n) is 13.5. The van der Waals surface area contributed by atoms with Crippen LogP contribution in [0.2, 0.25) is 5.02 Å². The van der Waals surface area contributed by atoms with Crippen molar-refractivity contribution in [2.45, 2.75) is 32.6 Å². The summed E-state index contributed by atoms with van der Waals surface area (Å²) in [4.78, 5) is 25.0. The van der Waals surface area contributed by atoms with E-state index < -0.39 is 5.92 Å². The minimum absolute atomic E-state index is 0.0404. The van der Waals surface area contributed by atoms with E-state index in [9.17, 15) is 9.59 Å². The van der Waals surface area contributed by atoms with Crippen LogP contribution in [0.4, 0.5) is 0 Å². The lowest BCUT2D eigenvalue weighted by atomic mass is 9.87. The van der Waals surface area contributed by atoms with Gasteiger partial charge in [-0.2, -0.15) is 5.10 Å². The molecule has 2 atom stereocenters. The van der Waals surface area contributed by atoms with Gasteiger partial charge in [0.2, 0.25) is 0 Å². The van der Waals surface area contributed by atoms with E-state index in [1.807, 2.05) is 26.0 Å². The molecule has 24 heavy (non-hydrogen) atoms. The molecule has 0 N–H and O–H groups in total. The molecular weight excluding hydrogens is 324 g/mol. The Balaban J connectivity index is 2.02. The Kier molecular flexibility index (Phi) is 4.29. The number of ketones is 2. The molecule has 1 aromatic carbocycles. The summed E-state index contributed by atoms with van der Waals surface area (Å²) in [6.45, 7) is 3.82. The largest absolute Gasteiger partial charge is 0.298 e. The molecule has 5 heteroatoms. The number of Topliss-reactive ketones (excluding diaryl/α,β-unsaturated/α-hetero) is 2. The summed E-state index contributed by atoms with van der Waals surface area (Å²) in [7, 11) is 0. The molecule has 1 aromatic heterocycles. The number of aryl methyl sites for hydroxylation is 2. The summed E-state index contributed by atoms with van der Waals surface area (Å²) in [6, 6.07) is 3.83. The molecule has 1 fully saturated rings. The van der Waals surface area contributed by atoms with Crippen LogP contribution in [0.3, 0.4) is 0 Å². The highest BCUT2D eigenvalue weighted by Gasteiger charge is 2.42. The molecule has 1 aliphatic rings. The van der Waals surface area contributed by atoms with Gasteiger partial charge in [-0.25, -0.2) is 4.68 Å². The topological polar surface area (TPSA) is 52.0 Å². The zero-order valence-corrected chi connectivity index (χ0v) is 14.3. The van der Waals surface area contributed by atoms with Crippen LogP contribution >= 0.6 is 11.6 Å². The van der Waals surface area contributed by atoms with Gasteiger partial charge in [0, 0.05) is 25.0 Å². The molecule has 2 unspecified atom stereocenters. The fraction of sp³-hybridized carbons (Fsp3) is 0.316. The number of aromatic nitrogens is 2. The van der Waals surface area contributed by atoms with E-state index in [0.717, 1.165) is 22.4 Å². The monoisotopic (exact) mass is 340 g/mol. The molecule has 1 heterocycles. The first kappa shape index (κ1) is 16.5. The Labute approximate surface area is 145 Å². The van der Waals surface area contributed by atoms with E-state index in [2.05, 4.69) is 11.0 Å². The van der Waals surface area contributed by atoms with Gasteiger partial charge in [-0.3, -0.25) is 9.59 Å². The molecule has 1 saturated carbocycles.